The van der Waals surface area contributed by atoms with E-state index in [1.165, 1.54) is 0 Å². The lowest BCUT2D eigenvalue weighted by Gasteiger charge is -2.05. The van der Waals surface area contributed by atoms with Crippen LogP contribution in [0, 0.1) is 0 Å². The quantitative estimate of drug-likeness (QED) is 0.542. The normalized spacial score (nSPS) is 11.1. The predicted octanol–water partition coefficient (Wildman–Crippen LogP) is 2.05. The van der Waals surface area contributed by atoms with Gasteiger partial charge in [0.15, 0.2) is 0 Å². The molecule has 0 aliphatic heterocycles. The number of rotatable bonds is 3. The standard InChI is InChI=1S/C11H13NO2/c1-3-10(11(13)14-4-2)9-6-5-7-12-8-9/h3,5-8H,4H2,1-2H3/b10-3-. The summed E-state index contributed by atoms with van der Waals surface area (Å²) in [6.45, 7) is 3.98. The molecule has 14 heavy (non-hydrogen) atoms. The molecule has 0 radical (unpaired) electrons. The number of esters is 1. The Morgan fingerprint density at radius 2 is 2.43 bits per heavy atom. The fraction of sp³-hybridized carbons (Fsp3) is 0.273. The number of carbonyl (C=O) groups is 1. The molecule has 0 atom stereocenters. The first kappa shape index (κ1) is 10.4. The topological polar surface area (TPSA) is 39.2 Å². The molecule has 0 saturated heterocycles. The van der Waals surface area contributed by atoms with E-state index in [2.05, 4.69) is 4.98 Å². The van der Waals surface area contributed by atoms with E-state index in [4.69, 9.17) is 4.74 Å². The Labute approximate surface area is 83.4 Å². The van der Waals surface area contributed by atoms with Crippen molar-refractivity contribution in [2.75, 3.05) is 6.61 Å². The minimum absolute atomic E-state index is 0.303. The van der Waals surface area contributed by atoms with Gasteiger partial charge in [-0.15, -0.1) is 0 Å². The van der Waals surface area contributed by atoms with Crippen LogP contribution in [-0.2, 0) is 9.53 Å². The Morgan fingerprint density at radius 3 is 2.93 bits per heavy atom. The summed E-state index contributed by atoms with van der Waals surface area (Å²) < 4.78 is 4.91. The van der Waals surface area contributed by atoms with Crippen LogP contribution in [0.3, 0.4) is 0 Å². The number of allylic oxidation sites excluding steroid dienone is 1. The fourth-order valence-corrected chi connectivity index (χ4v) is 1.13. The second-order valence-electron chi connectivity index (χ2n) is 2.66. The van der Waals surface area contributed by atoms with Crippen molar-refractivity contribution in [2.45, 2.75) is 13.8 Å². The highest BCUT2D eigenvalue weighted by Crippen LogP contribution is 2.14. The number of hydrogen-bond acceptors (Lipinski definition) is 3. The Balaban J connectivity index is 2.89. The molecule has 0 unspecified atom stereocenters. The van der Waals surface area contributed by atoms with Gasteiger partial charge in [-0.25, -0.2) is 4.79 Å². The summed E-state index contributed by atoms with van der Waals surface area (Å²) in [6.07, 6.45) is 5.04. The third kappa shape index (κ3) is 2.42. The Kier molecular flexibility index (Phi) is 3.85. The zero-order valence-electron chi connectivity index (χ0n) is 8.36. The maximum atomic E-state index is 11.5. The monoisotopic (exact) mass is 191 g/mol. The molecule has 74 valence electrons. The van der Waals surface area contributed by atoms with Crippen LogP contribution in [0.25, 0.3) is 5.57 Å². The SMILES string of the molecule is C/C=C(\C(=O)OCC)c1cccnc1. The highest BCUT2D eigenvalue weighted by molar-refractivity contribution is 6.16. The molecule has 0 saturated carbocycles. The maximum Gasteiger partial charge on any atom is 0.338 e. The Bertz CT molecular complexity index is 330. The van der Waals surface area contributed by atoms with Crippen molar-refractivity contribution in [3.05, 3.63) is 36.2 Å². The summed E-state index contributed by atoms with van der Waals surface area (Å²) in [4.78, 5) is 15.4. The van der Waals surface area contributed by atoms with Gasteiger partial charge in [-0.1, -0.05) is 12.1 Å². The molecule has 1 aromatic heterocycles. The van der Waals surface area contributed by atoms with Gasteiger partial charge in [-0.05, 0) is 19.9 Å². The first-order valence-electron chi connectivity index (χ1n) is 4.53. The van der Waals surface area contributed by atoms with E-state index >= 15 is 0 Å². The maximum absolute atomic E-state index is 11.5. The smallest absolute Gasteiger partial charge is 0.338 e. The number of pyridine rings is 1. The van der Waals surface area contributed by atoms with E-state index < -0.39 is 0 Å². The number of aromatic nitrogens is 1. The molecule has 0 fully saturated rings. The van der Waals surface area contributed by atoms with Crippen LogP contribution in [0.15, 0.2) is 30.6 Å². The van der Waals surface area contributed by atoms with E-state index in [1.807, 2.05) is 6.07 Å². The molecular formula is C11H13NO2. The predicted molar refractivity (Wildman–Crippen MR) is 54.5 cm³/mol. The van der Waals surface area contributed by atoms with Crippen molar-refractivity contribution >= 4 is 11.5 Å². The van der Waals surface area contributed by atoms with E-state index in [0.29, 0.717) is 12.2 Å². The minimum atomic E-state index is -0.303. The van der Waals surface area contributed by atoms with E-state index in [-0.39, 0.29) is 5.97 Å². The van der Waals surface area contributed by atoms with Crippen LogP contribution < -0.4 is 0 Å². The van der Waals surface area contributed by atoms with Crippen molar-refractivity contribution in [1.29, 1.82) is 0 Å². The molecule has 0 aliphatic rings. The summed E-state index contributed by atoms with van der Waals surface area (Å²) >= 11 is 0. The largest absolute Gasteiger partial charge is 0.462 e. The summed E-state index contributed by atoms with van der Waals surface area (Å²) in [5.74, 6) is -0.303. The molecule has 0 N–H and O–H groups in total. The van der Waals surface area contributed by atoms with Crippen LogP contribution in [0.2, 0.25) is 0 Å². The van der Waals surface area contributed by atoms with Crippen molar-refractivity contribution < 1.29 is 9.53 Å². The molecule has 1 heterocycles. The highest BCUT2D eigenvalue weighted by atomic mass is 16.5. The number of carbonyl (C=O) groups excluding carboxylic acids is 1. The van der Waals surface area contributed by atoms with Gasteiger partial charge in [0.25, 0.3) is 0 Å². The summed E-state index contributed by atoms with van der Waals surface area (Å²) in [5, 5.41) is 0. The van der Waals surface area contributed by atoms with Crippen LogP contribution >= 0.6 is 0 Å². The van der Waals surface area contributed by atoms with Gasteiger partial charge in [0.05, 0.1) is 12.2 Å². The van der Waals surface area contributed by atoms with Crippen LogP contribution in [0.5, 0.6) is 0 Å². The molecule has 0 bridgehead atoms. The van der Waals surface area contributed by atoms with Gasteiger partial charge in [0.1, 0.15) is 0 Å². The molecular weight excluding hydrogens is 178 g/mol. The molecule has 0 amide bonds. The van der Waals surface area contributed by atoms with Gasteiger partial charge in [0.2, 0.25) is 0 Å². The average Bonchev–Trinajstić information content (AvgIpc) is 2.21. The van der Waals surface area contributed by atoms with Crippen LogP contribution in [-0.4, -0.2) is 17.6 Å². The van der Waals surface area contributed by atoms with E-state index in [1.54, 1.807) is 38.4 Å². The zero-order valence-corrected chi connectivity index (χ0v) is 8.36. The first-order valence-corrected chi connectivity index (χ1v) is 4.53. The Hall–Kier alpha value is -1.64. The van der Waals surface area contributed by atoms with Gasteiger partial charge in [-0.3, -0.25) is 4.98 Å². The Morgan fingerprint density at radius 1 is 1.64 bits per heavy atom. The molecule has 1 rings (SSSR count). The summed E-state index contributed by atoms with van der Waals surface area (Å²) in [6, 6.07) is 3.62. The average molecular weight is 191 g/mol. The number of ether oxygens (including phenoxy) is 1. The van der Waals surface area contributed by atoms with Crippen LogP contribution in [0.4, 0.5) is 0 Å². The first-order chi connectivity index (χ1) is 6.79. The third-order valence-corrected chi connectivity index (χ3v) is 1.76. The summed E-state index contributed by atoms with van der Waals surface area (Å²) in [7, 11) is 0. The molecule has 0 spiro atoms. The second kappa shape index (κ2) is 5.17. The highest BCUT2D eigenvalue weighted by Gasteiger charge is 2.11. The lowest BCUT2D eigenvalue weighted by atomic mass is 10.1. The van der Waals surface area contributed by atoms with Gasteiger partial charge < -0.3 is 4.74 Å². The molecule has 3 heteroatoms. The zero-order chi connectivity index (χ0) is 10.4. The van der Waals surface area contributed by atoms with Gasteiger partial charge in [-0.2, -0.15) is 0 Å². The minimum Gasteiger partial charge on any atom is -0.462 e. The second-order valence-corrected chi connectivity index (χ2v) is 2.66. The van der Waals surface area contributed by atoms with Gasteiger partial charge in [0, 0.05) is 18.0 Å². The number of hydrogen-bond donors (Lipinski definition) is 0. The molecule has 0 aromatic carbocycles. The van der Waals surface area contributed by atoms with E-state index in [0.717, 1.165) is 5.56 Å². The third-order valence-electron chi connectivity index (χ3n) is 1.76. The number of nitrogens with zero attached hydrogens (tertiary/aromatic N) is 1. The van der Waals surface area contributed by atoms with Crippen molar-refractivity contribution in [2.24, 2.45) is 0 Å². The fourth-order valence-electron chi connectivity index (χ4n) is 1.13. The summed E-state index contributed by atoms with van der Waals surface area (Å²) in [5.41, 5.74) is 1.34. The van der Waals surface area contributed by atoms with Gasteiger partial charge >= 0.3 is 5.97 Å². The molecule has 1 aromatic rings. The van der Waals surface area contributed by atoms with E-state index in [9.17, 15) is 4.79 Å². The molecule has 0 aliphatic carbocycles. The van der Waals surface area contributed by atoms with Crippen molar-refractivity contribution in [1.82, 2.24) is 4.98 Å². The lowest BCUT2D eigenvalue weighted by Crippen LogP contribution is -2.06. The van der Waals surface area contributed by atoms with Crippen molar-refractivity contribution in [3.63, 3.8) is 0 Å². The lowest BCUT2D eigenvalue weighted by molar-refractivity contribution is -0.136. The van der Waals surface area contributed by atoms with Crippen molar-refractivity contribution in [3.8, 4) is 0 Å². The van der Waals surface area contributed by atoms with Crippen LogP contribution in [0.1, 0.15) is 19.4 Å². The molecule has 3 nitrogen and oxygen atoms in total.